The molecule has 0 aromatic rings. The summed E-state index contributed by atoms with van der Waals surface area (Å²) in [5.41, 5.74) is 5.34. The van der Waals surface area contributed by atoms with E-state index in [1.807, 2.05) is 0 Å². The molecule has 9 heteroatoms. The number of nitrogens with two attached hydrogens (primary N) is 1. The van der Waals surface area contributed by atoms with Gasteiger partial charge in [0, 0.05) is 13.0 Å². The number of phosphoric acid groups is 1. The van der Waals surface area contributed by atoms with Crippen molar-refractivity contribution in [1.82, 2.24) is 5.32 Å². The molecule has 0 radical (unpaired) electrons. The predicted molar refractivity (Wildman–Crippen MR) is 175 cm³/mol. The van der Waals surface area contributed by atoms with Crippen molar-refractivity contribution in [3.63, 3.8) is 0 Å². The molecule has 0 saturated carbocycles. The van der Waals surface area contributed by atoms with E-state index in [1.54, 1.807) is 0 Å². The highest BCUT2D eigenvalue weighted by molar-refractivity contribution is 7.47. The molecule has 0 fully saturated rings. The van der Waals surface area contributed by atoms with Gasteiger partial charge < -0.3 is 21.1 Å². The summed E-state index contributed by atoms with van der Waals surface area (Å²) >= 11 is 0. The molecule has 0 rings (SSSR count). The van der Waals surface area contributed by atoms with Crippen molar-refractivity contribution in [2.24, 2.45) is 5.73 Å². The molecule has 0 heterocycles. The van der Waals surface area contributed by atoms with E-state index in [0.717, 1.165) is 38.5 Å². The third-order valence-electron chi connectivity index (χ3n) is 7.96. The monoisotopic (exact) mass is 620 g/mol. The summed E-state index contributed by atoms with van der Waals surface area (Å²) in [6, 6.07) is -0.764. The van der Waals surface area contributed by atoms with Crippen LogP contribution in [0.4, 0.5) is 0 Å². The van der Waals surface area contributed by atoms with Gasteiger partial charge in [-0.3, -0.25) is 13.8 Å². The zero-order valence-corrected chi connectivity index (χ0v) is 28.4. The molecular formula is C33H69N2O6P. The largest absolute Gasteiger partial charge is 0.472 e. The molecule has 0 aromatic carbocycles. The van der Waals surface area contributed by atoms with Crippen LogP contribution in [0.3, 0.4) is 0 Å². The molecule has 0 saturated heterocycles. The van der Waals surface area contributed by atoms with Crippen LogP contribution in [0.2, 0.25) is 0 Å². The lowest BCUT2D eigenvalue weighted by Crippen LogP contribution is -2.46. The summed E-state index contributed by atoms with van der Waals surface area (Å²) in [4.78, 5) is 22.5. The number of carbonyl (C=O) groups excluding carboxylic acids is 1. The Morgan fingerprint density at radius 2 is 1.10 bits per heavy atom. The lowest BCUT2D eigenvalue weighted by Gasteiger charge is -2.25. The Morgan fingerprint density at radius 3 is 1.52 bits per heavy atom. The first kappa shape index (κ1) is 41.5. The number of aliphatic hydroxyl groups is 1. The number of nitrogens with one attached hydrogen (secondary N) is 1. The minimum absolute atomic E-state index is 0.0918. The van der Waals surface area contributed by atoms with E-state index in [1.165, 1.54) is 109 Å². The van der Waals surface area contributed by atoms with Crippen molar-refractivity contribution in [3.05, 3.63) is 0 Å². The van der Waals surface area contributed by atoms with E-state index in [-0.39, 0.29) is 25.7 Å². The number of hydrogen-bond donors (Lipinski definition) is 4. The molecule has 252 valence electrons. The van der Waals surface area contributed by atoms with Gasteiger partial charge in [-0.25, -0.2) is 4.57 Å². The molecule has 8 nitrogen and oxygen atoms in total. The van der Waals surface area contributed by atoms with Gasteiger partial charge in [0.2, 0.25) is 5.91 Å². The number of amides is 1. The Bertz CT molecular complexity index is 640. The maximum Gasteiger partial charge on any atom is 0.472 e. The maximum absolute atomic E-state index is 12.6. The third kappa shape index (κ3) is 28.3. The van der Waals surface area contributed by atoms with E-state index in [2.05, 4.69) is 19.2 Å². The lowest BCUT2D eigenvalue weighted by atomic mass is 10.0. The van der Waals surface area contributed by atoms with Gasteiger partial charge in [-0.15, -0.1) is 0 Å². The fraction of sp³-hybridized carbons (Fsp3) is 0.970. The van der Waals surface area contributed by atoms with Crippen molar-refractivity contribution >= 4 is 13.7 Å². The van der Waals surface area contributed by atoms with Crippen LogP contribution in [0.1, 0.15) is 174 Å². The summed E-state index contributed by atoms with van der Waals surface area (Å²) < 4.78 is 22.0. The topological polar surface area (TPSA) is 131 Å². The van der Waals surface area contributed by atoms with Gasteiger partial charge in [0.25, 0.3) is 0 Å². The molecule has 0 aliphatic heterocycles. The van der Waals surface area contributed by atoms with Crippen LogP contribution in [0.5, 0.6) is 0 Å². The average molecular weight is 621 g/mol. The molecule has 0 aliphatic carbocycles. The van der Waals surface area contributed by atoms with E-state index in [9.17, 15) is 19.4 Å². The Hall–Kier alpha value is -0.500. The minimum Gasteiger partial charge on any atom is -0.391 e. The Balaban J connectivity index is 4.26. The SMILES string of the molecule is CCCCCCCCCCCCCCCC(=O)N[C@@H](COP(=O)(O)OCCN)[C@H](O)CCCCCCCCCCCC. The van der Waals surface area contributed by atoms with E-state index in [0.29, 0.717) is 12.8 Å². The van der Waals surface area contributed by atoms with Crippen LogP contribution in [-0.4, -0.2) is 47.8 Å². The molecule has 42 heavy (non-hydrogen) atoms. The van der Waals surface area contributed by atoms with E-state index >= 15 is 0 Å². The van der Waals surface area contributed by atoms with Crippen molar-refractivity contribution < 1.29 is 28.4 Å². The average Bonchev–Trinajstić information content (AvgIpc) is 2.97. The standard InChI is InChI=1S/C33H69N2O6P/c1-3-5-7-9-11-13-15-16-17-19-21-23-25-27-33(37)35-31(30-41-42(38,39)40-29-28-34)32(36)26-24-22-20-18-14-12-10-8-6-4-2/h31-32,36H,3-30,34H2,1-2H3,(H,35,37)(H,38,39)/t31-,32+/m0/s1. The quantitative estimate of drug-likeness (QED) is 0.0426. The summed E-state index contributed by atoms with van der Waals surface area (Å²) in [5.74, 6) is -0.163. The van der Waals surface area contributed by atoms with E-state index < -0.39 is 20.0 Å². The third-order valence-corrected chi connectivity index (χ3v) is 8.95. The predicted octanol–water partition coefficient (Wildman–Crippen LogP) is 8.72. The Labute approximate surface area is 259 Å². The Morgan fingerprint density at radius 1 is 0.690 bits per heavy atom. The molecule has 3 atom stereocenters. The zero-order valence-electron chi connectivity index (χ0n) is 27.5. The molecule has 1 amide bonds. The van der Waals surface area contributed by atoms with Gasteiger partial charge in [-0.2, -0.15) is 0 Å². The fourth-order valence-electron chi connectivity index (χ4n) is 5.25. The highest BCUT2D eigenvalue weighted by Gasteiger charge is 2.27. The normalized spacial score (nSPS) is 14.5. The number of rotatable bonds is 33. The van der Waals surface area contributed by atoms with Gasteiger partial charge in [0.1, 0.15) is 0 Å². The van der Waals surface area contributed by atoms with Gasteiger partial charge in [-0.1, -0.05) is 155 Å². The molecule has 0 aliphatic rings. The highest BCUT2D eigenvalue weighted by atomic mass is 31.2. The number of phosphoric ester groups is 1. The highest BCUT2D eigenvalue weighted by Crippen LogP contribution is 2.43. The van der Waals surface area contributed by atoms with Crippen LogP contribution in [0.15, 0.2) is 0 Å². The molecule has 0 spiro atoms. The van der Waals surface area contributed by atoms with Crippen LogP contribution in [-0.2, 0) is 18.4 Å². The smallest absolute Gasteiger partial charge is 0.391 e. The van der Waals surface area contributed by atoms with Gasteiger partial charge in [0.15, 0.2) is 0 Å². The first-order valence-corrected chi connectivity index (χ1v) is 19.1. The number of aliphatic hydroxyl groups excluding tert-OH is 1. The van der Waals surface area contributed by atoms with Crippen molar-refractivity contribution in [2.45, 2.75) is 187 Å². The molecular weight excluding hydrogens is 551 g/mol. The maximum atomic E-state index is 12.6. The number of hydrogen-bond acceptors (Lipinski definition) is 6. The lowest BCUT2D eigenvalue weighted by molar-refractivity contribution is -0.123. The van der Waals surface area contributed by atoms with Crippen LogP contribution >= 0.6 is 7.82 Å². The van der Waals surface area contributed by atoms with Gasteiger partial charge in [-0.05, 0) is 12.8 Å². The van der Waals surface area contributed by atoms with Gasteiger partial charge in [0.05, 0.1) is 25.4 Å². The zero-order chi connectivity index (χ0) is 31.2. The fourth-order valence-corrected chi connectivity index (χ4v) is 6.01. The van der Waals surface area contributed by atoms with Crippen LogP contribution < -0.4 is 11.1 Å². The molecule has 5 N–H and O–H groups in total. The number of carbonyl (C=O) groups is 1. The number of unbranched alkanes of at least 4 members (excludes halogenated alkanes) is 21. The molecule has 0 bridgehead atoms. The van der Waals surface area contributed by atoms with Crippen molar-refractivity contribution in [1.29, 1.82) is 0 Å². The van der Waals surface area contributed by atoms with Crippen LogP contribution in [0.25, 0.3) is 0 Å². The first-order valence-electron chi connectivity index (χ1n) is 17.7. The minimum atomic E-state index is -4.29. The second-order valence-electron chi connectivity index (χ2n) is 12.1. The summed E-state index contributed by atoms with van der Waals surface area (Å²) in [6.07, 6.45) is 28.2. The molecule has 0 aromatic heterocycles. The molecule has 1 unspecified atom stereocenters. The first-order chi connectivity index (χ1) is 20.4. The Kier molecular flexibility index (Phi) is 30.2. The summed E-state index contributed by atoms with van der Waals surface area (Å²) in [6.45, 7) is 4.18. The van der Waals surface area contributed by atoms with E-state index in [4.69, 9.17) is 14.8 Å². The summed E-state index contributed by atoms with van der Waals surface area (Å²) in [7, 11) is -4.29. The van der Waals surface area contributed by atoms with Crippen molar-refractivity contribution in [2.75, 3.05) is 19.8 Å². The summed E-state index contributed by atoms with van der Waals surface area (Å²) in [5, 5.41) is 13.7. The van der Waals surface area contributed by atoms with Gasteiger partial charge >= 0.3 is 7.82 Å². The second-order valence-corrected chi connectivity index (χ2v) is 13.5. The second kappa shape index (κ2) is 30.5. The van der Waals surface area contributed by atoms with Crippen molar-refractivity contribution in [3.8, 4) is 0 Å². The van der Waals surface area contributed by atoms with Crippen LogP contribution in [0, 0.1) is 0 Å².